The van der Waals surface area contributed by atoms with Gasteiger partial charge in [0.1, 0.15) is 5.69 Å². The van der Waals surface area contributed by atoms with Crippen LogP contribution in [0.1, 0.15) is 11.3 Å². The van der Waals surface area contributed by atoms with Crippen LogP contribution >= 0.6 is 0 Å². The maximum Gasteiger partial charge on any atom is 0.156 e. The Bertz CT molecular complexity index is 954. The predicted molar refractivity (Wildman–Crippen MR) is 97.9 cm³/mol. The minimum absolute atomic E-state index is 0.820. The van der Waals surface area contributed by atoms with Gasteiger partial charge in [-0.2, -0.15) is 0 Å². The number of pyridine rings is 1. The van der Waals surface area contributed by atoms with Crippen LogP contribution in [0.15, 0.2) is 67.4 Å². The van der Waals surface area contributed by atoms with Crippen molar-refractivity contribution in [2.45, 2.75) is 19.9 Å². The number of hydrogen-bond acceptors (Lipinski definition) is 3. The normalized spacial score (nSPS) is 10.9. The van der Waals surface area contributed by atoms with Gasteiger partial charge in [0.15, 0.2) is 5.82 Å². The number of nitrogens with zero attached hydrogens (tertiary/aromatic N) is 4. The second kappa shape index (κ2) is 6.73. The van der Waals surface area contributed by atoms with E-state index in [1.165, 1.54) is 5.56 Å². The van der Waals surface area contributed by atoms with E-state index in [0.29, 0.717) is 0 Å². The maximum absolute atomic E-state index is 4.67. The Kier molecular flexibility index (Phi) is 4.12. The van der Waals surface area contributed by atoms with E-state index >= 15 is 0 Å². The van der Waals surface area contributed by atoms with Crippen LogP contribution < -0.4 is 0 Å². The lowest BCUT2D eigenvalue weighted by molar-refractivity contribution is 0.697. The van der Waals surface area contributed by atoms with Gasteiger partial charge < -0.3 is 9.55 Å². The van der Waals surface area contributed by atoms with Crippen molar-refractivity contribution in [3.63, 3.8) is 0 Å². The van der Waals surface area contributed by atoms with E-state index in [2.05, 4.69) is 42.7 Å². The van der Waals surface area contributed by atoms with Crippen LogP contribution in [-0.2, 0) is 13.0 Å². The molecule has 5 heteroatoms. The number of aromatic amines is 1. The largest absolute Gasteiger partial charge is 0.341 e. The van der Waals surface area contributed by atoms with Crippen LogP contribution in [0.25, 0.3) is 22.8 Å². The van der Waals surface area contributed by atoms with Crippen molar-refractivity contribution in [3.8, 4) is 22.8 Å². The van der Waals surface area contributed by atoms with Gasteiger partial charge in [-0.15, -0.1) is 0 Å². The summed E-state index contributed by atoms with van der Waals surface area (Å²) in [5, 5.41) is 0. The molecule has 0 aliphatic heterocycles. The van der Waals surface area contributed by atoms with Crippen molar-refractivity contribution >= 4 is 0 Å². The molecule has 3 aromatic heterocycles. The SMILES string of the molecule is Cc1cnc(-c2c(-c3ccccc3)ncn2CCc2cccnc2)[nH]1. The van der Waals surface area contributed by atoms with Gasteiger partial charge in [0.2, 0.25) is 0 Å². The molecule has 0 saturated carbocycles. The molecule has 0 bridgehead atoms. The second-order valence-corrected chi connectivity index (χ2v) is 6.03. The summed E-state index contributed by atoms with van der Waals surface area (Å²) in [5.74, 6) is 0.847. The van der Waals surface area contributed by atoms with Gasteiger partial charge in [0.25, 0.3) is 0 Å². The summed E-state index contributed by atoms with van der Waals surface area (Å²) in [6, 6.07) is 14.3. The van der Waals surface area contributed by atoms with Crippen LogP contribution in [-0.4, -0.2) is 24.5 Å². The van der Waals surface area contributed by atoms with Crippen molar-refractivity contribution in [1.82, 2.24) is 24.5 Å². The molecular formula is C20H19N5. The number of H-pyrrole nitrogens is 1. The Labute approximate surface area is 146 Å². The fourth-order valence-corrected chi connectivity index (χ4v) is 2.94. The molecule has 0 radical (unpaired) electrons. The third-order valence-electron chi connectivity index (χ3n) is 4.18. The molecule has 124 valence electrons. The Hall–Kier alpha value is -3.21. The highest BCUT2D eigenvalue weighted by Crippen LogP contribution is 2.29. The fraction of sp³-hybridized carbons (Fsp3) is 0.150. The molecule has 5 nitrogen and oxygen atoms in total. The molecule has 0 aliphatic rings. The lowest BCUT2D eigenvalue weighted by atomic mass is 10.1. The van der Waals surface area contributed by atoms with E-state index in [-0.39, 0.29) is 0 Å². The highest BCUT2D eigenvalue weighted by molar-refractivity contribution is 5.75. The van der Waals surface area contributed by atoms with Gasteiger partial charge in [0.05, 0.1) is 12.0 Å². The zero-order valence-corrected chi connectivity index (χ0v) is 14.1. The van der Waals surface area contributed by atoms with E-state index in [1.807, 2.05) is 49.9 Å². The van der Waals surface area contributed by atoms with E-state index < -0.39 is 0 Å². The maximum atomic E-state index is 4.67. The molecule has 3 heterocycles. The molecule has 1 aromatic carbocycles. The van der Waals surface area contributed by atoms with E-state index in [4.69, 9.17) is 0 Å². The molecule has 0 spiro atoms. The number of nitrogens with one attached hydrogen (secondary N) is 1. The van der Waals surface area contributed by atoms with Crippen molar-refractivity contribution in [3.05, 3.63) is 78.6 Å². The topological polar surface area (TPSA) is 59.4 Å². The lowest BCUT2D eigenvalue weighted by Crippen LogP contribution is -2.03. The third kappa shape index (κ3) is 3.21. The van der Waals surface area contributed by atoms with E-state index in [1.54, 1.807) is 6.20 Å². The average molecular weight is 329 g/mol. The van der Waals surface area contributed by atoms with Gasteiger partial charge in [-0.05, 0) is 25.0 Å². The van der Waals surface area contributed by atoms with E-state index in [9.17, 15) is 0 Å². The van der Waals surface area contributed by atoms with Crippen molar-refractivity contribution in [2.24, 2.45) is 0 Å². The van der Waals surface area contributed by atoms with Crippen LogP contribution in [0.5, 0.6) is 0 Å². The zero-order chi connectivity index (χ0) is 17.1. The highest BCUT2D eigenvalue weighted by atomic mass is 15.1. The molecule has 4 aromatic rings. The van der Waals surface area contributed by atoms with Crippen molar-refractivity contribution < 1.29 is 0 Å². The first kappa shape index (κ1) is 15.3. The number of imidazole rings is 2. The minimum atomic E-state index is 0.820. The van der Waals surface area contributed by atoms with Gasteiger partial charge in [-0.1, -0.05) is 36.4 Å². The monoisotopic (exact) mass is 329 g/mol. The Morgan fingerprint density at radius 3 is 2.60 bits per heavy atom. The summed E-state index contributed by atoms with van der Waals surface area (Å²) >= 11 is 0. The fourth-order valence-electron chi connectivity index (χ4n) is 2.94. The first-order valence-electron chi connectivity index (χ1n) is 8.32. The molecule has 0 saturated heterocycles. The standard InChI is InChI=1S/C20H19N5/c1-15-12-22-20(24-15)19-18(17-7-3-2-4-8-17)23-14-25(19)11-9-16-6-5-10-21-13-16/h2-8,10,12-14H,9,11H2,1H3,(H,22,24). The second-order valence-electron chi connectivity index (χ2n) is 6.03. The van der Waals surface area contributed by atoms with Crippen LogP contribution in [0.4, 0.5) is 0 Å². The molecular weight excluding hydrogens is 310 g/mol. The summed E-state index contributed by atoms with van der Waals surface area (Å²) in [6.07, 6.45) is 8.34. The van der Waals surface area contributed by atoms with Crippen molar-refractivity contribution in [2.75, 3.05) is 0 Å². The molecule has 0 fully saturated rings. The smallest absolute Gasteiger partial charge is 0.156 e. The predicted octanol–water partition coefficient (Wildman–Crippen LogP) is 3.89. The first-order chi connectivity index (χ1) is 12.3. The van der Waals surface area contributed by atoms with Crippen LogP contribution in [0, 0.1) is 6.92 Å². The number of rotatable bonds is 5. The molecule has 25 heavy (non-hydrogen) atoms. The average Bonchev–Trinajstić information content (AvgIpc) is 3.27. The Morgan fingerprint density at radius 1 is 1.00 bits per heavy atom. The number of hydrogen-bond donors (Lipinski definition) is 1. The molecule has 0 aliphatic carbocycles. The number of aromatic nitrogens is 5. The highest BCUT2D eigenvalue weighted by Gasteiger charge is 2.17. The van der Waals surface area contributed by atoms with Crippen LogP contribution in [0.2, 0.25) is 0 Å². The number of benzene rings is 1. The third-order valence-corrected chi connectivity index (χ3v) is 4.18. The molecule has 0 amide bonds. The summed E-state index contributed by atoms with van der Waals surface area (Å²) in [7, 11) is 0. The van der Waals surface area contributed by atoms with Crippen LogP contribution in [0.3, 0.4) is 0 Å². The van der Waals surface area contributed by atoms with Gasteiger partial charge >= 0.3 is 0 Å². The minimum Gasteiger partial charge on any atom is -0.341 e. The lowest BCUT2D eigenvalue weighted by Gasteiger charge is -2.08. The van der Waals surface area contributed by atoms with Gasteiger partial charge in [-0.3, -0.25) is 4.98 Å². The quantitative estimate of drug-likeness (QED) is 0.604. The zero-order valence-electron chi connectivity index (χ0n) is 14.1. The Balaban J connectivity index is 1.73. The number of aryl methyl sites for hydroxylation is 3. The Morgan fingerprint density at radius 2 is 1.88 bits per heavy atom. The van der Waals surface area contributed by atoms with Crippen molar-refractivity contribution in [1.29, 1.82) is 0 Å². The first-order valence-corrected chi connectivity index (χ1v) is 8.32. The van der Waals surface area contributed by atoms with Gasteiger partial charge in [-0.25, -0.2) is 9.97 Å². The summed E-state index contributed by atoms with van der Waals surface area (Å²) in [5.41, 5.74) is 5.30. The van der Waals surface area contributed by atoms with Gasteiger partial charge in [0, 0.05) is 36.4 Å². The van der Waals surface area contributed by atoms with E-state index in [0.717, 1.165) is 41.4 Å². The summed E-state index contributed by atoms with van der Waals surface area (Å²) in [6.45, 7) is 2.83. The molecule has 0 atom stereocenters. The summed E-state index contributed by atoms with van der Waals surface area (Å²) < 4.78 is 2.16. The molecule has 1 N–H and O–H groups in total. The summed E-state index contributed by atoms with van der Waals surface area (Å²) in [4.78, 5) is 16.7. The molecule has 0 unspecified atom stereocenters. The molecule has 4 rings (SSSR count).